The van der Waals surface area contributed by atoms with Crippen LogP contribution in [0.3, 0.4) is 0 Å². The van der Waals surface area contributed by atoms with E-state index in [1.54, 1.807) is 55.6 Å². The van der Waals surface area contributed by atoms with Crippen molar-refractivity contribution in [3.05, 3.63) is 83.4 Å². The molecule has 0 aromatic heterocycles. The molecule has 0 radical (unpaired) electrons. The Bertz CT molecular complexity index is 1020. The number of halogens is 1. The Hall–Kier alpha value is -2.96. The van der Waals surface area contributed by atoms with Gasteiger partial charge in [0.05, 0.1) is 18.0 Å². The van der Waals surface area contributed by atoms with Gasteiger partial charge in [-0.05, 0) is 67.6 Å². The third-order valence-corrected chi connectivity index (χ3v) is 5.63. The Labute approximate surface area is 184 Å². The Balaban J connectivity index is 1.58. The molecule has 0 saturated carbocycles. The van der Waals surface area contributed by atoms with E-state index in [0.29, 0.717) is 27.7 Å². The number of ether oxygens (including phenoxy) is 1. The second-order valence-corrected chi connectivity index (χ2v) is 8.29. The van der Waals surface area contributed by atoms with Crippen LogP contribution < -0.4 is 15.4 Å². The van der Waals surface area contributed by atoms with E-state index >= 15 is 0 Å². The predicted octanol–water partition coefficient (Wildman–Crippen LogP) is 5.72. The lowest BCUT2D eigenvalue weighted by Crippen LogP contribution is -2.22. The van der Waals surface area contributed by atoms with Gasteiger partial charge in [0.1, 0.15) is 5.75 Å². The van der Waals surface area contributed by atoms with Gasteiger partial charge < -0.3 is 15.4 Å². The minimum atomic E-state index is -0.292. The molecule has 30 heavy (non-hydrogen) atoms. The molecule has 3 aromatic rings. The minimum Gasteiger partial charge on any atom is -0.495 e. The van der Waals surface area contributed by atoms with Crippen molar-refractivity contribution in [1.82, 2.24) is 0 Å². The molecule has 0 aliphatic rings. The van der Waals surface area contributed by atoms with Crippen LogP contribution >= 0.6 is 23.4 Å². The Kier molecular flexibility index (Phi) is 7.38. The van der Waals surface area contributed by atoms with Crippen LogP contribution in [0.25, 0.3) is 0 Å². The summed E-state index contributed by atoms with van der Waals surface area (Å²) in [5, 5.41) is 6.06. The van der Waals surface area contributed by atoms with E-state index < -0.39 is 0 Å². The van der Waals surface area contributed by atoms with Crippen molar-refractivity contribution < 1.29 is 14.3 Å². The quantitative estimate of drug-likeness (QED) is 0.461. The molecule has 0 spiro atoms. The van der Waals surface area contributed by atoms with Crippen LogP contribution in [0.1, 0.15) is 17.3 Å². The lowest BCUT2D eigenvalue weighted by atomic mass is 10.2. The number of anilines is 2. The van der Waals surface area contributed by atoms with E-state index in [1.165, 1.54) is 11.8 Å². The summed E-state index contributed by atoms with van der Waals surface area (Å²) in [7, 11) is 1.55. The monoisotopic (exact) mass is 440 g/mol. The first-order valence-corrected chi connectivity index (χ1v) is 10.5. The average Bonchev–Trinajstić information content (AvgIpc) is 2.76. The number of hydrogen-bond acceptors (Lipinski definition) is 4. The summed E-state index contributed by atoms with van der Waals surface area (Å²) >= 11 is 7.34. The summed E-state index contributed by atoms with van der Waals surface area (Å²) in [5.74, 6) is 0.201. The number of thioether (sulfide) groups is 1. The maximum absolute atomic E-state index is 12.5. The summed E-state index contributed by atoms with van der Waals surface area (Å²) in [6.07, 6.45) is 0. The molecule has 154 valence electrons. The van der Waals surface area contributed by atoms with Gasteiger partial charge in [0.2, 0.25) is 5.91 Å². The highest BCUT2D eigenvalue weighted by molar-refractivity contribution is 8.00. The SMILES string of the molecule is COc1ccccc1NC(=O)c1ccc(NC(=O)C(C)Sc2ccc(Cl)cc2)cc1. The topological polar surface area (TPSA) is 67.4 Å². The van der Waals surface area contributed by atoms with Crippen LogP contribution in [0.2, 0.25) is 5.02 Å². The van der Waals surface area contributed by atoms with E-state index in [1.807, 2.05) is 31.2 Å². The molecule has 5 nitrogen and oxygen atoms in total. The van der Waals surface area contributed by atoms with Crippen LogP contribution in [0, 0.1) is 0 Å². The molecule has 0 aliphatic carbocycles. The normalized spacial score (nSPS) is 11.4. The smallest absolute Gasteiger partial charge is 0.255 e. The highest BCUT2D eigenvalue weighted by Gasteiger charge is 2.15. The van der Waals surface area contributed by atoms with E-state index in [-0.39, 0.29) is 17.1 Å². The number of carbonyl (C=O) groups excluding carboxylic acids is 2. The lowest BCUT2D eigenvalue weighted by molar-refractivity contribution is -0.115. The molecule has 0 heterocycles. The molecule has 0 bridgehead atoms. The zero-order chi connectivity index (χ0) is 21.5. The third kappa shape index (κ3) is 5.78. The number of methoxy groups -OCH3 is 1. The number of carbonyl (C=O) groups is 2. The summed E-state index contributed by atoms with van der Waals surface area (Å²) < 4.78 is 5.24. The van der Waals surface area contributed by atoms with Gasteiger partial charge in [-0.1, -0.05) is 23.7 Å². The van der Waals surface area contributed by atoms with Crippen molar-refractivity contribution in [3.63, 3.8) is 0 Å². The summed E-state index contributed by atoms with van der Waals surface area (Å²) in [5.41, 5.74) is 1.69. The molecule has 7 heteroatoms. The highest BCUT2D eigenvalue weighted by Crippen LogP contribution is 2.26. The number of amides is 2. The van der Waals surface area contributed by atoms with Gasteiger partial charge in [-0.15, -0.1) is 11.8 Å². The van der Waals surface area contributed by atoms with Gasteiger partial charge in [0, 0.05) is 21.2 Å². The van der Waals surface area contributed by atoms with E-state index in [4.69, 9.17) is 16.3 Å². The number of benzene rings is 3. The molecule has 0 fully saturated rings. The first-order valence-electron chi connectivity index (χ1n) is 9.24. The molecule has 0 aliphatic heterocycles. The maximum atomic E-state index is 12.5. The molecular weight excluding hydrogens is 420 g/mol. The van der Waals surface area contributed by atoms with Crippen molar-refractivity contribution in [2.24, 2.45) is 0 Å². The number of hydrogen-bond donors (Lipinski definition) is 2. The van der Waals surface area contributed by atoms with Gasteiger partial charge in [-0.25, -0.2) is 0 Å². The molecule has 1 atom stereocenters. The largest absolute Gasteiger partial charge is 0.495 e. The Morgan fingerprint density at radius 3 is 2.27 bits per heavy atom. The van der Waals surface area contributed by atoms with Gasteiger partial charge in [0.25, 0.3) is 5.91 Å². The first kappa shape index (κ1) is 21.7. The van der Waals surface area contributed by atoms with Crippen LogP contribution in [-0.2, 0) is 4.79 Å². The third-order valence-electron chi connectivity index (χ3n) is 4.27. The molecular formula is C23H21ClN2O3S. The Morgan fingerprint density at radius 1 is 0.933 bits per heavy atom. The lowest BCUT2D eigenvalue weighted by Gasteiger charge is -2.13. The summed E-state index contributed by atoms with van der Waals surface area (Å²) in [4.78, 5) is 25.9. The van der Waals surface area contributed by atoms with Crippen LogP contribution in [0.5, 0.6) is 5.75 Å². The summed E-state index contributed by atoms with van der Waals surface area (Å²) in [6.45, 7) is 1.84. The maximum Gasteiger partial charge on any atom is 0.255 e. The summed E-state index contributed by atoms with van der Waals surface area (Å²) in [6, 6.07) is 21.3. The fraction of sp³-hybridized carbons (Fsp3) is 0.130. The van der Waals surface area contributed by atoms with Crippen molar-refractivity contribution in [2.45, 2.75) is 17.1 Å². The molecule has 3 rings (SSSR count). The number of rotatable bonds is 7. The fourth-order valence-electron chi connectivity index (χ4n) is 2.66. The van der Waals surface area contributed by atoms with Crippen molar-refractivity contribution in [2.75, 3.05) is 17.7 Å². The molecule has 2 N–H and O–H groups in total. The van der Waals surface area contributed by atoms with E-state index in [0.717, 1.165) is 4.90 Å². The fourth-order valence-corrected chi connectivity index (χ4v) is 3.66. The molecule has 2 amide bonds. The molecule has 3 aromatic carbocycles. The van der Waals surface area contributed by atoms with Gasteiger partial charge >= 0.3 is 0 Å². The first-order chi connectivity index (χ1) is 14.5. The van der Waals surface area contributed by atoms with Gasteiger partial charge in [-0.2, -0.15) is 0 Å². The zero-order valence-corrected chi connectivity index (χ0v) is 18.1. The number of para-hydroxylation sites is 2. The van der Waals surface area contributed by atoms with Crippen LogP contribution in [-0.4, -0.2) is 24.2 Å². The van der Waals surface area contributed by atoms with Crippen LogP contribution in [0.15, 0.2) is 77.7 Å². The standard InChI is InChI=1S/C23H21ClN2O3S/c1-15(30-19-13-9-17(24)10-14-19)22(27)25-18-11-7-16(8-12-18)23(28)26-20-5-3-4-6-21(20)29-2/h3-15H,1-2H3,(H,25,27)(H,26,28). The second-order valence-electron chi connectivity index (χ2n) is 6.44. The molecule has 1 unspecified atom stereocenters. The molecule has 0 saturated heterocycles. The average molecular weight is 441 g/mol. The van der Waals surface area contributed by atoms with E-state index in [2.05, 4.69) is 10.6 Å². The number of nitrogens with one attached hydrogen (secondary N) is 2. The second kappa shape index (κ2) is 10.2. The van der Waals surface area contributed by atoms with Crippen molar-refractivity contribution in [1.29, 1.82) is 0 Å². The predicted molar refractivity (Wildman–Crippen MR) is 123 cm³/mol. The zero-order valence-electron chi connectivity index (χ0n) is 16.5. The van der Waals surface area contributed by atoms with Gasteiger partial charge in [0.15, 0.2) is 0 Å². The highest BCUT2D eigenvalue weighted by atomic mass is 35.5. The minimum absolute atomic E-state index is 0.124. The van der Waals surface area contributed by atoms with Crippen molar-refractivity contribution >= 4 is 46.6 Å². The van der Waals surface area contributed by atoms with Crippen molar-refractivity contribution in [3.8, 4) is 5.75 Å². The van der Waals surface area contributed by atoms with Gasteiger partial charge in [-0.3, -0.25) is 9.59 Å². The Morgan fingerprint density at radius 2 is 1.60 bits per heavy atom. The van der Waals surface area contributed by atoms with Crippen LogP contribution in [0.4, 0.5) is 11.4 Å². The van der Waals surface area contributed by atoms with E-state index in [9.17, 15) is 9.59 Å².